The molecule has 0 aliphatic rings. The second-order valence-corrected chi connectivity index (χ2v) is 4.42. The van der Waals surface area contributed by atoms with E-state index in [9.17, 15) is 10.2 Å². The largest absolute Gasteiger partial charge is 0.456 e. The number of fused-ring (bicyclic) bond motifs is 1. The number of hydrogen-bond donors (Lipinski definition) is 2. The highest BCUT2D eigenvalue weighted by Crippen LogP contribution is 2.33. The van der Waals surface area contributed by atoms with Crippen LogP contribution in [0.25, 0.3) is 22.3 Å². The van der Waals surface area contributed by atoms with E-state index in [2.05, 4.69) is 0 Å². The van der Waals surface area contributed by atoms with Crippen molar-refractivity contribution in [1.82, 2.24) is 0 Å². The SMILES string of the molecule is OCc1cccc(-c2oc3ccccc3c2CO)c1. The van der Waals surface area contributed by atoms with Crippen LogP contribution in [-0.4, -0.2) is 10.2 Å². The Morgan fingerprint density at radius 3 is 2.53 bits per heavy atom. The molecule has 0 unspecified atom stereocenters. The molecule has 1 heterocycles. The molecule has 0 saturated heterocycles. The van der Waals surface area contributed by atoms with Gasteiger partial charge < -0.3 is 14.6 Å². The number of para-hydroxylation sites is 1. The van der Waals surface area contributed by atoms with E-state index < -0.39 is 0 Å². The number of furan rings is 1. The summed E-state index contributed by atoms with van der Waals surface area (Å²) in [6.07, 6.45) is 0. The second-order valence-electron chi connectivity index (χ2n) is 4.42. The number of aliphatic hydroxyl groups excluding tert-OH is 2. The molecule has 0 saturated carbocycles. The van der Waals surface area contributed by atoms with Crippen LogP contribution in [0.15, 0.2) is 52.9 Å². The van der Waals surface area contributed by atoms with Crippen LogP contribution in [0.1, 0.15) is 11.1 Å². The van der Waals surface area contributed by atoms with Crippen LogP contribution in [0.4, 0.5) is 0 Å². The van der Waals surface area contributed by atoms with Gasteiger partial charge in [0.15, 0.2) is 0 Å². The topological polar surface area (TPSA) is 53.6 Å². The van der Waals surface area contributed by atoms with Crippen molar-refractivity contribution in [2.24, 2.45) is 0 Å². The van der Waals surface area contributed by atoms with E-state index in [4.69, 9.17) is 4.42 Å². The highest BCUT2D eigenvalue weighted by molar-refractivity contribution is 5.87. The van der Waals surface area contributed by atoms with Gasteiger partial charge in [0.25, 0.3) is 0 Å². The molecule has 3 aromatic rings. The Kier molecular flexibility index (Phi) is 3.07. The highest BCUT2D eigenvalue weighted by Gasteiger charge is 2.14. The van der Waals surface area contributed by atoms with Crippen molar-refractivity contribution >= 4 is 11.0 Å². The molecule has 0 atom stereocenters. The number of aliphatic hydroxyl groups is 2. The molecule has 0 aliphatic carbocycles. The van der Waals surface area contributed by atoms with Gasteiger partial charge in [-0.15, -0.1) is 0 Å². The van der Waals surface area contributed by atoms with Crippen LogP contribution < -0.4 is 0 Å². The molecule has 3 heteroatoms. The maximum absolute atomic E-state index is 9.58. The molecule has 0 amide bonds. The Morgan fingerprint density at radius 2 is 1.74 bits per heavy atom. The minimum Gasteiger partial charge on any atom is -0.456 e. The lowest BCUT2D eigenvalue weighted by Crippen LogP contribution is -1.87. The van der Waals surface area contributed by atoms with Crippen molar-refractivity contribution in [3.8, 4) is 11.3 Å². The number of benzene rings is 2. The summed E-state index contributed by atoms with van der Waals surface area (Å²) >= 11 is 0. The van der Waals surface area contributed by atoms with Gasteiger partial charge in [-0.25, -0.2) is 0 Å². The molecule has 2 N–H and O–H groups in total. The van der Waals surface area contributed by atoms with Gasteiger partial charge in [0.05, 0.1) is 13.2 Å². The quantitative estimate of drug-likeness (QED) is 0.755. The summed E-state index contributed by atoms with van der Waals surface area (Å²) in [6.45, 7) is -0.0851. The third-order valence-corrected chi connectivity index (χ3v) is 3.23. The van der Waals surface area contributed by atoms with E-state index in [0.717, 1.165) is 27.7 Å². The van der Waals surface area contributed by atoms with Crippen molar-refractivity contribution in [3.63, 3.8) is 0 Å². The van der Waals surface area contributed by atoms with Crippen LogP contribution in [0.2, 0.25) is 0 Å². The lowest BCUT2D eigenvalue weighted by Gasteiger charge is -2.02. The van der Waals surface area contributed by atoms with Crippen LogP contribution in [0.5, 0.6) is 0 Å². The summed E-state index contributed by atoms with van der Waals surface area (Å²) in [5.74, 6) is 0.666. The molecule has 1 aromatic heterocycles. The average molecular weight is 254 g/mol. The van der Waals surface area contributed by atoms with E-state index in [0.29, 0.717) is 5.76 Å². The lowest BCUT2D eigenvalue weighted by atomic mass is 10.0. The number of hydrogen-bond acceptors (Lipinski definition) is 3. The zero-order valence-corrected chi connectivity index (χ0v) is 10.3. The van der Waals surface area contributed by atoms with Gasteiger partial charge in [0.1, 0.15) is 11.3 Å². The summed E-state index contributed by atoms with van der Waals surface area (Å²) < 4.78 is 5.83. The zero-order valence-electron chi connectivity index (χ0n) is 10.3. The van der Waals surface area contributed by atoms with Crippen LogP contribution >= 0.6 is 0 Å². The van der Waals surface area contributed by atoms with Crippen molar-refractivity contribution in [2.45, 2.75) is 13.2 Å². The van der Waals surface area contributed by atoms with Gasteiger partial charge in [-0.05, 0) is 17.7 Å². The van der Waals surface area contributed by atoms with Crippen molar-refractivity contribution in [1.29, 1.82) is 0 Å². The molecule has 0 radical (unpaired) electrons. The molecule has 0 aliphatic heterocycles. The Hall–Kier alpha value is -2.10. The second kappa shape index (κ2) is 4.88. The summed E-state index contributed by atoms with van der Waals surface area (Å²) in [5.41, 5.74) is 3.23. The standard InChI is InChI=1S/C16H14O3/c17-9-11-4-3-5-12(8-11)16-14(10-18)13-6-1-2-7-15(13)19-16/h1-8,17-18H,9-10H2. The van der Waals surface area contributed by atoms with E-state index in [1.165, 1.54) is 0 Å². The molecule has 0 spiro atoms. The molecule has 3 nitrogen and oxygen atoms in total. The predicted molar refractivity (Wildman–Crippen MR) is 73.5 cm³/mol. The molecular weight excluding hydrogens is 240 g/mol. The first-order valence-corrected chi connectivity index (χ1v) is 6.15. The predicted octanol–water partition coefficient (Wildman–Crippen LogP) is 3.08. The maximum Gasteiger partial charge on any atom is 0.140 e. The van der Waals surface area contributed by atoms with Gasteiger partial charge >= 0.3 is 0 Å². The van der Waals surface area contributed by atoms with Crippen molar-refractivity contribution in [2.75, 3.05) is 0 Å². The van der Waals surface area contributed by atoms with Gasteiger partial charge in [-0.3, -0.25) is 0 Å². The fourth-order valence-electron chi connectivity index (χ4n) is 2.30. The van der Waals surface area contributed by atoms with Gasteiger partial charge in [-0.2, -0.15) is 0 Å². The monoisotopic (exact) mass is 254 g/mol. The molecule has 19 heavy (non-hydrogen) atoms. The van der Waals surface area contributed by atoms with E-state index in [1.807, 2.05) is 48.5 Å². The average Bonchev–Trinajstić information content (AvgIpc) is 2.86. The highest BCUT2D eigenvalue weighted by atomic mass is 16.3. The van der Waals surface area contributed by atoms with E-state index in [-0.39, 0.29) is 13.2 Å². The first-order chi connectivity index (χ1) is 9.33. The zero-order chi connectivity index (χ0) is 13.2. The van der Waals surface area contributed by atoms with E-state index >= 15 is 0 Å². The summed E-state index contributed by atoms with van der Waals surface area (Å²) in [7, 11) is 0. The number of rotatable bonds is 3. The molecule has 2 aromatic carbocycles. The Bertz CT molecular complexity index is 713. The first-order valence-electron chi connectivity index (χ1n) is 6.15. The molecule has 0 bridgehead atoms. The van der Waals surface area contributed by atoms with Gasteiger partial charge in [0, 0.05) is 16.5 Å². The van der Waals surface area contributed by atoms with Gasteiger partial charge in [0.2, 0.25) is 0 Å². The fraction of sp³-hybridized carbons (Fsp3) is 0.125. The molecular formula is C16H14O3. The third-order valence-electron chi connectivity index (χ3n) is 3.23. The molecule has 0 fully saturated rings. The summed E-state index contributed by atoms with van der Waals surface area (Å²) in [6, 6.07) is 15.1. The first kappa shape index (κ1) is 12.0. The minimum atomic E-state index is -0.0737. The Labute approximate surface area is 110 Å². The van der Waals surface area contributed by atoms with Crippen LogP contribution in [0.3, 0.4) is 0 Å². The summed E-state index contributed by atoms with van der Waals surface area (Å²) in [4.78, 5) is 0. The summed E-state index contributed by atoms with van der Waals surface area (Å²) in [5, 5.41) is 19.7. The fourth-order valence-corrected chi connectivity index (χ4v) is 2.30. The minimum absolute atomic E-state index is 0.0114. The molecule has 96 valence electrons. The Morgan fingerprint density at radius 1 is 0.895 bits per heavy atom. The smallest absolute Gasteiger partial charge is 0.140 e. The van der Waals surface area contributed by atoms with Crippen LogP contribution in [-0.2, 0) is 13.2 Å². The third kappa shape index (κ3) is 2.03. The van der Waals surface area contributed by atoms with E-state index in [1.54, 1.807) is 0 Å². The van der Waals surface area contributed by atoms with Gasteiger partial charge in [-0.1, -0.05) is 36.4 Å². The van der Waals surface area contributed by atoms with Crippen molar-refractivity contribution < 1.29 is 14.6 Å². The molecule has 3 rings (SSSR count). The van der Waals surface area contributed by atoms with Crippen LogP contribution in [0, 0.1) is 0 Å². The normalized spacial score (nSPS) is 11.1. The Balaban J connectivity index is 2.23. The maximum atomic E-state index is 9.58. The van der Waals surface area contributed by atoms with Crippen molar-refractivity contribution in [3.05, 3.63) is 59.7 Å². The lowest BCUT2D eigenvalue weighted by molar-refractivity contribution is 0.281.